The van der Waals surface area contributed by atoms with Crippen molar-refractivity contribution in [2.75, 3.05) is 7.11 Å². The molecule has 2 aromatic carbocycles. The minimum Gasteiger partial charge on any atom is -0.497 e. The molecular weight excluding hydrogens is 393 g/mol. The number of rotatable bonds is 8. The molecule has 7 heteroatoms. The van der Waals surface area contributed by atoms with Crippen LogP contribution in [0.4, 0.5) is 0 Å². The van der Waals surface area contributed by atoms with Gasteiger partial charge in [0.25, 0.3) is 0 Å². The highest BCUT2D eigenvalue weighted by Gasteiger charge is 2.22. The van der Waals surface area contributed by atoms with Crippen molar-refractivity contribution in [2.45, 2.75) is 32.1 Å². The van der Waals surface area contributed by atoms with Crippen LogP contribution in [0.2, 0.25) is 10.0 Å². The Bertz CT molecular complexity index is 836. The molecule has 1 N–H and O–H groups in total. The summed E-state index contributed by atoms with van der Waals surface area (Å²) in [5.41, 5.74) is 1.41. The third-order valence-corrected chi connectivity index (χ3v) is 5.83. The van der Waals surface area contributed by atoms with Crippen molar-refractivity contribution in [2.24, 2.45) is 5.92 Å². The number of halogens is 2. The first-order valence-corrected chi connectivity index (χ1v) is 10.7. The van der Waals surface area contributed by atoms with Crippen LogP contribution in [0.15, 0.2) is 42.5 Å². The van der Waals surface area contributed by atoms with Crippen molar-refractivity contribution >= 4 is 33.2 Å². The lowest BCUT2D eigenvalue weighted by molar-refractivity contribution is 0.414. The lowest BCUT2D eigenvalue weighted by Gasteiger charge is -2.21. The van der Waals surface area contributed by atoms with Crippen LogP contribution in [-0.2, 0) is 15.8 Å². The standard InChI is InChI=1S/C19H23Cl2NO3S/c1-13(2)10-19(14-5-8-17(25-3)9-6-14)22-26(23,24)12-15-4-7-16(20)11-18(15)21/h4-9,11,13,19,22H,10,12H2,1-3H3/t19-/m0/s1. The van der Waals surface area contributed by atoms with Gasteiger partial charge in [0.05, 0.1) is 12.9 Å². The fourth-order valence-corrected chi connectivity index (χ4v) is 4.63. The molecule has 0 aliphatic carbocycles. The maximum Gasteiger partial charge on any atom is 0.216 e. The maximum atomic E-state index is 12.7. The van der Waals surface area contributed by atoms with Crippen LogP contribution in [0.1, 0.15) is 37.4 Å². The summed E-state index contributed by atoms with van der Waals surface area (Å²) >= 11 is 12.0. The molecule has 2 aromatic rings. The summed E-state index contributed by atoms with van der Waals surface area (Å²) in [5.74, 6) is 0.852. The molecule has 0 saturated heterocycles. The highest BCUT2D eigenvalue weighted by molar-refractivity contribution is 7.88. The summed E-state index contributed by atoms with van der Waals surface area (Å²) < 4.78 is 33.4. The lowest BCUT2D eigenvalue weighted by Crippen LogP contribution is -2.30. The van der Waals surface area contributed by atoms with E-state index in [1.165, 1.54) is 0 Å². The minimum atomic E-state index is -3.59. The Kier molecular flexibility index (Phi) is 7.35. The molecule has 4 nitrogen and oxygen atoms in total. The van der Waals surface area contributed by atoms with Gasteiger partial charge >= 0.3 is 0 Å². The van der Waals surface area contributed by atoms with E-state index in [0.29, 0.717) is 27.9 Å². The summed E-state index contributed by atoms with van der Waals surface area (Å²) in [7, 11) is -1.99. The second-order valence-electron chi connectivity index (χ2n) is 6.57. The van der Waals surface area contributed by atoms with Gasteiger partial charge in [0.15, 0.2) is 0 Å². The molecule has 2 rings (SSSR count). The van der Waals surface area contributed by atoms with Gasteiger partial charge < -0.3 is 4.74 Å². The Balaban J connectivity index is 2.22. The fourth-order valence-electron chi connectivity index (χ4n) is 2.66. The Morgan fingerprint density at radius 2 is 1.73 bits per heavy atom. The largest absolute Gasteiger partial charge is 0.497 e. The van der Waals surface area contributed by atoms with Crippen molar-refractivity contribution in [3.05, 3.63) is 63.6 Å². The van der Waals surface area contributed by atoms with Gasteiger partial charge in [-0.3, -0.25) is 0 Å². The minimum absolute atomic E-state index is 0.201. The summed E-state index contributed by atoms with van der Waals surface area (Å²) in [6.45, 7) is 4.11. The number of hydrogen-bond acceptors (Lipinski definition) is 3. The first-order chi connectivity index (χ1) is 12.2. The van der Waals surface area contributed by atoms with Gasteiger partial charge in [-0.1, -0.05) is 55.2 Å². The third-order valence-electron chi connectivity index (χ3n) is 3.91. The van der Waals surface area contributed by atoms with Gasteiger partial charge in [0, 0.05) is 16.1 Å². The predicted octanol–water partition coefficient (Wildman–Crippen LogP) is 5.21. The van der Waals surface area contributed by atoms with Gasteiger partial charge in [-0.15, -0.1) is 0 Å². The highest BCUT2D eigenvalue weighted by atomic mass is 35.5. The van der Waals surface area contributed by atoms with Crippen molar-refractivity contribution < 1.29 is 13.2 Å². The molecule has 0 radical (unpaired) electrons. The van der Waals surface area contributed by atoms with Crippen LogP contribution in [0.25, 0.3) is 0 Å². The molecule has 0 unspecified atom stereocenters. The van der Waals surface area contributed by atoms with E-state index in [4.69, 9.17) is 27.9 Å². The summed E-state index contributed by atoms with van der Waals surface area (Å²) in [6.07, 6.45) is 0.680. The zero-order valence-electron chi connectivity index (χ0n) is 15.0. The number of hydrogen-bond donors (Lipinski definition) is 1. The highest BCUT2D eigenvalue weighted by Crippen LogP contribution is 2.27. The summed E-state index contributed by atoms with van der Waals surface area (Å²) in [6, 6.07) is 11.9. The normalized spacial score (nSPS) is 13.0. The van der Waals surface area contributed by atoms with E-state index in [0.717, 1.165) is 11.3 Å². The van der Waals surface area contributed by atoms with Crippen LogP contribution >= 0.6 is 23.2 Å². The van der Waals surface area contributed by atoms with Gasteiger partial charge in [-0.2, -0.15) is 0 Å². The second kappa shape index (κ2) is 9.09. The Hall–Kier alpha value is -1.27. The van der Waals surface area contributed by atoms with Crippen molar-refractivity contribution in [1.29, 1.82) is 0 Å². The topological polar surface area (TPSA) is 55.4 Å². The Morgan fingerprint density at radius 3 is 2.27 bits per heavy atom. The van der Waals surface area contributed by atoms with E-state index in [1.54, 1.807) is 25.3 Å². The molecule has 0 aliphatic heterocycles. The number of ether oxygens (including phenoxy) is 1. The molecule has 0 saturated carbocycles. The van der Waals surface area contributed by atoms with Gasteiger partial charge in [0.2, 0.25) is 10.0 Å². The fraction of sp³-hybridized carbons (Fsp3) is 0.368. The van der Waals surface area contributed by atoms with E-state index in [9.17, 15) is 8.42 Å². The van der Waals surface area contributed by atoms with Gasteiger partial charge in [-0.05, 0) is 47.7 Å². The maximum absolute atomic E-state index is 12.7. The summed E-state index contributed by atoms with van der Waals surface area (Å²) in [5, 5.41) is 0.813. The van der Waals surface area contributed by atoms with E-state index in [-0.39, 0.29) is 11.8 Å². The number of methoxy groups -OCH3 is 1. The molecule has 1 atom stereocenters. The van der Waals surface area contributed by atoms with Crippen LogP contribution in [0.3, 0.4) is 0 Å². The molecular formula is C19H23Cl2NO3S. The monoisotopic (exact) mass is 415 g/mol. The molecule has 0 aliphatic rings. The van der Waals surface area contributed by atoms with E-state index < -0.39 is 10.0 Å². The van der Waals surface area contributed by atoms with Crippen LogP contribution in [0, 0.1) is 5.92 Å². The first-order valence-electron chi connectivity index (χ1n) is 8.28. The van der Waals surface area contributed by atoms with Crippen LogP contribution in [-0.4, -0.2) is 15.5 Å². The number of nitrogens with one attached hydrogen (secondary N) is 1. The molecule has 0 aromatic heterocycles. The zero-order chi connectivity index (χ0) is 19.3. The molecule has 0 amide bonds. The third kappa shape index (κ3) is 6.16. The number of sulfonamides is 1. The van der Waals surface area contributed by atoms with Crippen molar-refractivity contribution in [3.8, 4) is 5.75 Å². The Labute approximate surface area is 165 Å². The number of benzene rings is 2. The molecule has 142 valence electrons. The SMILES string of the molecule is COc1ccc([C@H](CC(C)C)NS(=O)(=O)Cc2ccc(Cl)cc2Cl)cc1. The van der Waals surface area contributed by atoms with Crippen LogP contribution < -0.4 is 9.46 Å². The second-order valence-corrected chi connectivity index (χ2v) is 9.17. The zero-order valence-corrected chi connectivity index (χ0v) is 17.3. The molecule has 0 heterocycles. The molecule has 0 bridgehead atoms. The van der Waals surface area contributed by atoms with E-state index in [1.807, 2.05) is 24.3 Å². The quantitative estimate of drug-likeness (QED) is 0.643. The van der Waals surface area contributed by atoms with Crippen molar-refractivity contribution in [3.63, 3.8) is 0 Å². The molecule has 26 heavy (non-hydrogen) atoms. The van der Waals surface area contributed by atoms with E-state index >= 15 is 0 Å². The Morgan fingerprint density at radius 1 is 1.08 bits per heavy atom. The lowest BCUT2D eigenvalue weighted by atomic mass is 9.98. The molecule has 0 spiro atoms. The average molecular weight is 416 g/mol. The average Bonchev–Trinajstić information content (AvgIpc) is 2.56. The van der Waals surface area contributed by atoms with Crippen molar-refractivity contribution in [1.82, 2.24) is 4.72 Å². The van der Waals surface area contributed by atoms with E-state index in [2.05, 4.69) is 18.6 Å². The van der Waals surface area contributed by atoms with Gasteiger partial charge in [0.1, 0.15) is 5.75 Å². The predicted molar refractivity (Wildman–Crippen MR) is 107 cm³/mol. The summed E-state index contributed by atoms with van der Waals surface area (Å²) in [4.78, 5) is 0. The van der Waals surface area contributed by atoms with Crippen LogP contribution in [0.5, 0.6) is 5.75 Å². The first kappa shape index (κ1) is 21.0. The van der Waals surface area contributed by atoms with Gasteiger partial charge in [-0.25, -0.2) is 13.1 Å². The molecule has 0 fully saturated rings. The smallest absolute Gasteiger partial charge is 0.216 e.